The van der Waals surface area contributed by atoms with Crippen molar-refractivity contribution < 1.29 is 0 Å². The third kappa shape index (κ3) is 1.52. The second-order valence-electron chi connectivity index (χ2n) is 3.09. The van der Waals surface area contributed by atoms with Crippen molar-refractivity contribution in [3.05, 3.63) is 23.1 Å². The number of thiophene rings is 1. The number of pyridine rings is 1. The molecular formula is C10H12N2S. The molecule has 0 aliphatic rings. The summed E-state index contributed by atoms with van der Waals surface area (Å²) in [7, 11) is 0. The molecule has 0 bridgehead atoms. The molecule has 0 saturated heterocycles. The van der Waals surface area contributed by atoms with Crippen LogP contribution in [0.5, 0.6) is 0 Å². The summed E-state index contributed by atoms with van der Waals surface area (Å²) in [4.78, 5) is 4.34. The third-order valence-corrected chi connectivity index (χ3v) is 2.92. The molecule has 2 heterocycles. The summed E-state index contributed by atoms with van der Waals surface area (Å²) >= 11 is 1.72. The SMILES string of the molecule is CCCc1cc2sccc2nc1N. The lowest BCUT2D eigenvalue weighted by molar-refractivity contribution is 0.921. The molecule has 0 saturated carbocycles. The van der Waals surface area contributed by atoms with Crippen LogP contribution in [0.1, 0.15) is 18.9 Å². The molecule has 2 rings (SSSR count). The van der Waals surface area contributed by atoms with Crippen molar-refractivity contribution in [2.24, 2.45) is 0 Å². The minimum atomic E-state index is 0.688. The van der Waals surface area contributed by atoms with E-state index in [1.807, 2.05) is 11.4 Å². The normalized spacial score (nSPS) is 10.8. The van der Waals surface area contributed by atoms with Crippen LogP contribution in [0.3, 0.4) is 0 Å². The Morgan fingerprint density at radius 1 is 1.54 bits per heavy atom. The van der Waals surface area contributed by atoms with Gasteiger partial charge in [-0.25, -0.2) is 4.98 Å². The molecule has 0 atom stereocenters. The summed E-state index contributed by atoms with van der Waals surface area (Å²) in [5, 5.41) is 2.05. The van der Waals surface area contributed by atoms with Crippen LogP contribution in [0.2, 0.25) is 0 Å². The number of fused-ring (bicyclic) bond motifs is 1. The molecule has 13 heavy (non-hydrogen) atoms. The molecule has 0 aliphatic carbocycles. The molecule has 2 aromatic heterocycles. The van der Waals surface area contributed by atoms with Crippen molar-refractivity contribution in [2.45, 2.75) is 19.8 Å². The highest BCUT2D eigenvalue weighted by Crippen LogP contribution is 2.23. The van der Waals surface area contributed by atoms with E-state index in [4.69, 9.17) is 5.73 Å². The van der Waals surface area contributed by atoms with Gasteiger partial charge >= 0.3 is 0 Å². The van der Waals surface area contributed by atoms with Crippen LogP contribution in [0.15, 0.2) is 17.5 Å². The number of nitrogens with zero attached hydrogens (tertiary/aromatic N) is 1. The van der Waals surface area contributed by atoms with Crippen molar-refractivity contribution in [2.75, 3.05) is 5.73 Å². The van der Waals surface area contributed by atoms with Gasteiger partial charge in [0.15, 0.2) is 0 Å². The minimum Gasteiger partial charge on any atom is -0.383 e. The molecule has 3 heteroatoms. The van der Waals surface area contributed by atoms with Crippen molar-refractivity contribution in [3.8, 4) is 0 Å². The van der Waals surface area contributed by atoms with Gasteiger partial charge in [-0.05, 0) is 29.5 Å². The molecule has 2 aromatic rings. The van der Waals surface area contributed by atoms with E-state index in [0.29, 0.717) is 5.82 Å². The summed E-state index contributed by atoms with van der Waals surface area (Å²) < 4.78 is 1.23. The van der Waals surface area contributed by atoms with Gasteiger partial charge in [-0.3, -0.25) is 0 Å². The van der Waals surface area contributed by atoms with E-state index < -0.39 is 0 Å². The summed E-state index contributed by atoms with van der Waals surface area (Å²) in [6.07, 6.45) is 2.13. The second kappa shape index (κ2) is 3.34. The fourth-order valence-electron chi connectivity index (χ4n) is 1.42. The predicted molar refractivity (Wildman–Crippen MR) is 58.0 cm³/mol. The molecule has 2 N–H and O–H groups in total. The highest BCUT2D eigenvalue weighted by Gasteiger charge is 2.03. The predicted octanol–water partition coefficient (Wildman–Crippen LogP) is 2.83. The zero-order chi connectivity index (χ0) is 9.26. The van der Waals surface area contributed by atoms with E-state index >= 15 is 0 Å². The van der Waals surface area contributed by atoms with E-state index in [1.54, 1.807) is 11.3 Å². The van der Waals surface area contributed by atoms with E-state index in [1.165, 1.54) is 10.3 Å². The van der Waals surface area contributed by atoms with Crippen LogP contribution in [-0.2, 0) is 6.42 Å². The van der Waals surface area contributed by atoms with Crippen LogP contribution >= 0.6 is 11.3 Å². The minimum absolute atomic E-state index is 0.688. The summed E-state index contributed by atoms with van der Waals surface area (Å²) in [6, 6.07) is 4.16. The third-order valence-electron chi connectivity index (χ3n) is 2.07. The Labute approximate surface area is 81.4 Å². The molecule has 0 amide bonds. The zero-order valence-corrected chi connectivity index (χ0v) is 8.40. The van der Waals surface area contributed by atoms with E-state index in [9.17, 15) is 0 Å². The summed E-state index contributed by atoms with van der Waals surface area (Å²) in [5.41, 5.74) is 8.02. The van der Waals surface area contributed by atoms with Crippen LogP contribution < -0.4 is 5.73 Å². The standard InChI is InChI=1S/C10H12N2S/c1-2-3-7-6-9-8(4-5-13-9)12-10(7)11/h4-6H,2-3H2,1H3,(H2,11,12). The molecule has 0 aromatic carbocycles. The van der Waals surface area contributed by atoms with Gasteiger partial charge in [0.05, 0.1) is 10.2 Å². The first-order chi connectivity index (χ1) is 6.31. The quantitative estimate of drug-likeness (QED) is 0.794. The molecule has 68 valence electrons. The number of nitrogen functional groups attached to an aromatic ring is 1. The highest BCUT2D eigenvalue weighted by atomic mass is 32.1. The largest absolute Gasteiger partial charge is 0.383 e. The summed E-state index contributed by atoms with van der Waals surface area (Å²) in [6.45, 7) is 2.15. The molecule has 0 spiro atoms. The van der Waals surface area contributed by atoms with E-state index in [0.717, 1.165) is 18.4 Å². The van der Waals surface area contributed by atoms with Gasteiger partial charge in [-0.2, -0.15) is 0 Å². The van der Waals surface area contributed by atoms with Gasteiger partial charge in [-0.15, -0.1) is 11.3 Å². The first-order valence-corrected chi connectivity index (χ1v) is 5.32. The van der Waals surface area contributed by atoms with Crippen molar-refractivity contribution in [1.29, 1.82) is 0 Å². The van der Waals surface area contributed by atoms with Crippen LogP contribution in [0.4, 0.5) is 5.82 Å². The lowest BCUT2D eigenvalue weighted by Gasteiger charge is -2.02. The van der Waals surface area contributed by atoms with Gasteiger partial charge in [-0.1, -0.05) is 13.3 Å². The number of nitrogens with two attached hydrogens (primary N) is 1. The Hall–Kier alpha value is -1.09. The van der Waals surface area contributed by atoms with Gasteiger partial charge in [0.1, 0.15) is 5.82 Å². The fraction of sp³-hybridized carbons (Fsp3) is 0.300. The van der Waals surface area contributed by atoms with Crippen LogP contribution in [0.25, 0.3) is 10.2 Å². The number of hydrogen-bond acceptors (Lipinski definition) is 3. The fourth-order valence-corrected chi connectivity index (χ4v) is 2.21. The molecule has 0 fully saturated rings. The topological polar surface area (TPSA) is 38.9 Å². The molecule has 0 radical (unpaired) electrons. The first-order valence-electron chi connectivity index (χ1n) is 4.44. The zero-order valence-electron chi connectivity index (χ0n) is 7.58. The summed E-state index contributed by atoms with van der Waals surface area (Å²) in [5.74, 6) is 0.688. The van der Waals surface area contributed by atoms with Crippen molar-refractivity contribution in [1.82, 2.24) is 4.98 Å². The number of aromatic nitrogens is 1. The number of aryl methyl sites for hydroxylation is 1. The molecule has 0 aliphatic heterocycles. The highest BCUT2D eigenvalue weighted by molar-refractivity contribution is 7.17. The maximum atomic E-state index is 5.83. The monoisotopic (exact) mass is 192 g/mol. The number of rotatable bonds is 2. The number of hydrogen-bond donors (Lipinski definition) is 1. The average Bonchev–Trinajstić information content (AvgIpc) is 2.52. The number of anilines is 1. The Kier molecular flexibility index (Phi) is 2.19. The maximum absolute atomic E-state index is 5.83. The van der Waals surface area contributed by atoms with E-state index in [2.05, 4.69) is 18.0 Å². The van der Waals surface area contributed by atoms with Gasteiger partial charge in [0.25, 0.3) is 0 Å². The second-order valence-corrected chi connectivity index (χ2v) is 4.03. The van der Waals surface area contributed by atoms with Crippen LogP contribution in [0, 0.1) is 0 Å². The van der Waals surface area contributed by atoms with Crippen LogP contribution in [-0.4, -0.2) is 4.98 Å². The Balaban J connectivity index is 2.56. The average molecular weight is 192 g/mol. The van der Waals surface area contributed by atoms with Crippen molar-refractivity contribution in [3.63, 3.8) is 0 Å². The van der Waals surface area contributed by atoms with Gasteiger partial charge < -0.3 is 5.73 Å². The van der Waals surface area contributed by atoms with Crippen molar-refractivity contribution >= 4 is 27.4 Å². The Morgan fingerprint density at radius 2 is 2.38 bits per heavy atom. The Bertz CT molecular complexity index is 420. The smallest absolute Gasteiger partial charge is 0.127 e. The van der Waals surface area contributed by atoms with E-state index in [-0.39, 0.29) is 0 Å². The molecule has 0 unspecified atom stereocenters. The lowest BCUT2D eigenvalue weighted by atomic mass is 10.1. The van der Waals surface area contributed by atoms with Gasteiger partial charge in [0, 0.05) is 0 Å². The Morgan fingerprint density at radius 3 is 3.15 bits per heavy atom. The first kappa shape index (κ1) is 8.51. The molecular weight excluding hydrogens is 180 g/mol. The maximum Gasteiger partial charge on any atom is 0.127 e. The molecule has 2 nitrogen and oxygen atoms in total. The van der Waals surface area contributed by atoms with Gasteiger partial charge in [0.2, 0.25) is 0 Å². The lowest BCUT2D eigenvalue weighted by Crippen LogP contribution is -1.96.